The van der Waals surface area contributed by atoms with E-state index in [-0.39, 0.29) is 30.5 Å². The van der Waals surface area contributed by atoms with E-state index in [0.717, 1.165) is 31.4 Å². The average molecular weight is 295 g/mol. The number of aromatic nitrogens is 1. The molecule has 0 aromatic carbocycles. The minimum absolute atomic E-state index is 0.0606. The highest BCUT2D eigenvalue weighted by molar-refractivity contribution is 5.90. The molecule has 0 aliphatic heterocycles. The van der Waals surface area contributed by atoms with Gasteiger partial charge < -0.3 is 9.63 Å². The van der Waals surface area contributed by atoms with Gasteiger partial charge in [0.15, 0.2) is 0 Å². The molecule has 2 unspecified atom stereocenters. The molecule has 6 heteroatoms. The normalized spacial score (nSPS) is 22.8. The number of aliphatic hydroxyl groups excluding tert-OH is 1. The van der Waals surface area contributed by atoms with Gasteiger partial charge in [-0.25, -0.2) is 0 Å². The number of hydrogen-bond acceptors (Lipinski definition) is 5. The first kappa shape index (κ1) is 16.0. The van der Waals surface area contributed by atoms with E-state index >= 15 is 0 Å². The van der Waals surface area contributed by atoms with Crippen LogP contribution in [0.5, 0.6) is 0 Å². The molecule has 1 aliphatic carbocycles. The van der Waals surface area contributed by atoms with Gasteiger partial charge in [-0.3, -0.25) is 15.0 Å². The van der Waals surface area contributed by atoms with Crippen molar-refractivity contribution in [2.75, 3.05) is 18.9 Å². The lowest BCUT2D eigenvalue weighted by Crippen LogP contribution is -2.46. The molecular formula is C15H25N3O3. The lowest BCUT2D eigenvalue weighted by atomic mass is 9.91. The van der Waals surface area contributed by atoms with E-state index in [4.69, 9.17) is 4.52 Å². The fraction of sp³-hybridized carbons (Fsp3) is 0.733. The van der Waals surface area contributed by atoms with Crippen molar-refractivity contribution in [2.45, 2.75) is 57.6 Å². The maximum Gasteiger partial charge on any atom is 0.240 e. The fourth-order valence-electron chi connectivity index (χ4n) is 2.75. The minimum Gasteiger partial charge on any atom is -0.391 e. The number of anilines is 1. The van der Waals surface area contributed by atoms with Crippen LogP contribution >= 0.6 is 0 Å². The molecule has 2 N–H and O–H groups in total. The SMILES string of the molecule is CC(C)c1cc(NC(=O)CN(C)C2CCCCC2O)on1. The molecule has 1 aromatic rings. The zero-order chi connectivity index (χ0) is 15.4. The van der Waals surface area contributed by atoms with Gasteiger partial charge in [0, 0.05) is 12.1 Å². The number of aliphatic hydroxyl groups is 1. The molecular weight excluding hydrogens is 270 g/mol. The molecule has 2 rings (SSSR count). The van der Waals surface area contributed by atoms with Crippen molar-refractivity contribution in [2.24, 2.45) is 0 Å². The third-order valence-corrected chi connectivity index (χ3v) is 4.04. The molecule has 0 saturated heterocycles. The van der Waals surface area contributed by atoms with Crippen molar-refractivity contribution < 1.29 is 14.4 Å². The molecule has 1 heterocycles. The Morgan fingerprint density at radius 2 is 2.24 bits per heavy atom. The van der Waals surface area contributed by atoms with E-state index in [1.807, 2.05) is 25.8 Å². The Morgan fingerprint density at radius 3 is 2.86 bits per heavy atom. The zero-order valence-corrected chi connectivity index (χ0v) is 13.0. The highest BCUT2D eigenvalue weighted by atomic mass is 16.5. The topological polar surface area (TPSA) is 78.6 Å². The van der Waals surface area contributed by atoms with Gasteiger partial charge in [-0.2, -0.15) is 0 Å². The van der Waals surface area contributed by atoms with Gasteiger partial charge in [0.2, 0.25) is 11.8 Å². The van der Waals surface area contributed by atoms with E-state index in [2.05, 4.69) is 10.5 Å². The number of hydrogen-bond donors (Lipinski definition) is 2. The molecule has 0 radical (unpaired) electrons. The number of rotatable bonds is 5. The summed E-state index contributed by atoms with van der Waals surface area (Å²) in [5.74, 6) is 0.488. The zero-order valence-electron chi connectivity index (χ0n) is 13.0. The van der Waals surface area contributed by atoms with Crippen LogP contribution in [0.2, 0.25) is 0 Å². The molecule has 1 amide bonds. The Balaban J connectivity index is 1.85. The molecule has 1 fully saturated rings. The fourth-order valence-corrected chi connectivity index (χ4v) is 2.75. The number of carbonyl (C=O) groups is 1. The van der Waals surface area contributed by atoms with E-state index in [9.17, 15) is 9.90 Å². The predicted molar refractivity (Wildman–Crippen MR) is 80.1 cm³/mol. The molecule has 1 aromatic heterocycles. The molecule has 0 spiro atoms. The van der Waals surface area contributed by atoms with Crippen LogP contribution in [-0.4, -0.2) is 46.8 Å². The quantitative estimate of drug-likeness (QED) is 0.868. The summed E-state index contributed by atoms with van der Waals surface area (Å²) >= 11 is 0. The van der Waals surface area contributed by atoms with Crippen LogP contribution in [0.15, 0.2) is 10.6 Å². The van der Waals surface area contributed by atoms with Crippen LogP contribution in [0.4, 0.5) is 5.88 Å². The molecule has 118 valence electrons. The third kappa shape index (κ3) is 4.28. The Morgan fingerprint density at radius 1 is 1.52 bits per heavy atom. The standard InChI is InChI=1S/C15H25N3O3/c1-10(2)11-8-15(21-17-11)16-14(20)9-18(3)12-6-4-5-7-13(12)19/h8,10,12-13,19H,4-7,9H2,1-3H3,(H,16,20). The third-order valence-electron chi connectivity index (χ3n) is 4.04. The number of likely N-dealkylation sites (N-methyl/N-ethyl adjacent to an activating group) is 1. The number of amides is 1. The van der Waals surface area contributed by atoms with Crippen LogP contribution in [0.3, 0.4) is 0 Å². The summed E-state index contributed by atoms with van der Waals surface area (Å²) in [5, 5.41) is 16.6. The largest absolute Gasteiger partial charge is 0.391 e. The Kier molecular flexibility index (Phi) is 5.36. The van der Waals surface area contributed by atoms with Gasteiger partial charge in [-0.15, -0.1) is 0 Å². The molecule has 0 bridgehead atoms. The number of nitrogens with zero attached hydrogens (tertiary/aromatic N) is 2. The van der Waals surface area contributed by atoms with Crippen LogP contribution in [0.1, 0.15) is 51.1 Å². The summed E-state index contributed by atoms with van der Waals surface area (Å²) in [5.41, 5.74) is 0.821. The predicted octanol–water partition coefficient (Wildman–Crippen LogP) is 1.97. The first-order chi connectivity index (χ1) is 9.97. The highest BCUT2D eigenvalue weighted by Crippen LogP contribution is 2.22. The lowest BCUT2D eigenvalue weighted by Gasteiger charge is -2.34. The van der Waals surface area contributed by atoms with Gasteiger partial charge in [0.05, 0.1) is 18.3 Å². The summed E-state index contributed by atoms with van der Waals surface area (Å²) in [6.07, 6.45) is 3.58. The van der Waals surface area contributed by atoms with Gasteiger partial charge in [-0.05, 0) is 25.8 Å². The molecule has 21 heavy (non-hydrogen) atoms. The van der Waals surface area contributed by atoms with Gasteiger partial charge in [0.25, 0.3) is 0 Å². The second-order valence-electron chi connectivity index (χ2n) is 6.15. The lowest BCUT2D eigenvalue weighted by molar-refractivity contribution is -0.118. The number of nitrogens with one attached hydrogen (secondary N) is 1. The maximum absolute atomic E-state index is 12.0. The summed E-state index contributed by atoms with van der Waals surface area (Å²) in [6, 6.07) is 1.81. The molecule has 6 nitrogen and oxygen atoms in total. The summed E-state index contributed by atoms with van der Waals surface area (Å²) < 4.78 is 5.09. The van der Waals surface area contributed by atoms with Crippen molar-refractivity contribution in [3.8, 4) is 0 Å². The van der Waals surface area contributed by atoms with E-state index in [1.165, 1.54) is 0 Å². The van der Waals surface area contributed by atoms with E-state index < -0.39 is 0 Å². The average Bonchev–Trinajstić information content (AvgIpc) is 2.87. The monoisotopic (exact) mass is 295 g/mol. The first-order valence-corrected chi connectivity index (χ1v) is 7.62. The second kappa shape index (κ2) is 7.04. The Hall–Kier alpha value is -1.40. The Labute approximate surface area is 125 Å². The van der Waals surface area contributed by atoms with Crippen LogP contribution < -0.4 is 5.32 Å². The second-order valence-corrected chi connectivity index (χ2v) is 6.15. The smallest absolute Gasteiger partial charge is 0.240 e. The molecule has 1 saturated carbocycles. The van der Waals surface area contributed by atoms with Gasteiger partial charge >= 0.3 is 0 Å². The number of carbonyl (C=O) groups excluding carboxylic acids is 1. The van der Waals surface area contributed by atoms with E-state index in [1.54, 1.807) is 6.07 Å². The van der Waals surface area contributed by atoms with E-state index in [0.29, 0.717) is 5.88 Å². The minimum atomic E-state index is -0.339. The maximum atomic E-state index is 12.0. The summed E-state index contributed by atoms with van der Waals surface area (Å²) in [6.45, 7) is 4.27. The van der Waals surface area contributed by atoms with Crippen LogP contribution in [0, 0.1) is 0 Å². The Bertz CT molecular complexity index is 472. The van der Waals surface area contributed by atoms with Crippen molar-refractivity contribution in [3.63, 3.8) is 0 Å². The van der Waals surface area contributed by atoms with Crippen LogP contribution in [0.25, 0.3) is 0 Å². The molecule has 1 aliphatic rings. The summed E-state index contributed by atoms with van der Waals surface area (Å²) in [4.78, 5) is 13.9. The summed E-state index contributed by atoms with van der Waals surface area (Å²) in [7, 11) is 1.87. The van der Waals surface area contributed by atoms with Crippen molar-refractivity contribution in [1.82, 2.24) is 10.1 Å². The van der Waals surface area contributed by atoms with Gasteiger partial charge in [0.1, 0.15) is 0 Å². The molecule has 2 atom stereocenters. The van der Waals surface area contributed by atoms with Gasteiger partial charge in [-0.1, -0.05) is 31.8 Å². The highest BCUT2D eigenvalue weighted by Gasteiger charge is 2.27. The van der Waals surface area contributed by atoms with Crippen molar-refractivity contribution in [3.05, 3.63) is 11.8 Å². The first-order valence-electron chi connectivity index (χ1n) is 7.62. The van der Waals surface area contributed by atoms with Crippen molar-refractivity contribution in [1.29, 1.82) is 0 Å². The van der Waals surface area contributed by atoms with Crippen molar-refractivity contribution >= 4 is 11.8 Å². The van der Waals surface area contributed by atoms with Crippen LogP contribution in [-0.2, 0) is 4.79 Å².